The summed E-state index contributed by atoms with van der Waals surface area (Å²) >= 11 is 1.30. The molecule has 1 aliphatic carbocycles. The van der Waals surface area contributed by atoms with Crippen LogP contribution in [0.25, 0.3) is 0 Å². The summed E-state index contributed by atoms with van der Waals surface area (Å²) in [4.78, 5) is 11.6. The third-order valence-electron chi connectivity index (χ3n) is 6.02. The Bertz CT molecular complexity index is 644. The minimum absolute atomic E-state index is 0.0248. The van der Waals surface area contributed by atoms with Crippen molar-refractivity contribution in [2.24, 2.45) is 11.8 Å². The average molecular weight is 443 g/mol. The van der Waals surface area contributed by atoms with Crippen LogP contribution in [0.2, 0.25) is 0 Å². The number of methoxy groups -OCH3 is 1. The van der Waals surface area contributed by atoms with E-state index in [0.29, 0.717) is 36.3 Å². The summed E-state index contributed by atoms with van der Waals surface area (Å²) in [6.07, 6.45) is 4.85. The largest absolute Gasteiger partial charge is 0.469 e. The monoisotopic (exact) mass is 442 g/mol. The molecule has 0 spiro atoms. The van der Waals surface area contributed by atoms with Gasteiger partial charge in [-0.2, -0.15) is 0 Å². The summed E-state index contributed by atoms with van der Waals surface area (Å²) in [5.74, 6) is -0.0565. The molecule has 2 rings (SSSR count). The van der Waals surface area contributed by atoms with Crippen LogP contribution in [0, 0.1) is 17.7 Å². The summed E-state index contributed by atoms with van der Waals surface area (Å²) in [5.41, 5.74) is 0. The number of carbonyl (C=O) groups excluding carboxylic acids is 1. The first kappa shape index (κ1) is 25.1. The number of hydrogen-bond acceptors (Lipinski definition) is 6. The first-order chi connectivity index (χ1) is 14.4. The maximum atomic E-state index is 13.7. The van der Waals surface area contributed by atoms with Gasteiger partial charge in [0.2, 0.25) is 0 Å². The van der Waals surface area contributed by atoms with Crippen molar-refractivity contribution in [1.82, 2.24) is 0 Å². The van der Waals surface area contributed by atoms with E-state index in [9.17, 15) is 24.5 Å². The summed E-state index contributed by atoms with van der Waals surface area (Å²) in [6, 6.07) is 6.52. The molecule has 1 aliphatic rings. The number of thioether (sulfide) groups is 1. The number of aliphatic hydroxyl groups excluding tert-OH is 3. The highest BCUT2D eigenvalue weighted by molar-refractivity contribution is 7.99. The van der Waals surface area contributed by atoms with Crippen LogP contribution in [-0.4, -0.2) is 52.5 Å². The number of ether oxygens (including phenoxy) is 1. The predicted octanol–water partition coefficient (Wildman–Crippen LogP) is 3.93. The number of unbranched alkanes of at least 4 members (excludes halogenated alkanes) is 3. The van der Waals surface area contributed by atoms with Gasteiger partial charge in [-0.1, -0.05) is 31.4 Å². The van der Waals surface area contributed by atoms with E-state index in [1.807, 2.05) is 0 Å². The van der Waals surface area contributed by atoms with Gasteiger partial charge in [0, 0.05) is 17.1 Å². The zero-order valence-corrected chi connectivity index (χ0v) is 18.5. The second-order valence-corrected chi connectivity index (χ2v) is 9.26. The Morgan fingerprint density at radius 2 is 1.80 bits per heavy atom. The normalized spacial score (nSPS) is 24.7. The third kappa shape index (κ3) is 8.17. The quantitative estimate of drug-likeness (QED) is 0.244. The van der Waals surface area contributed by atoms with E-state index in [0.717, 1.165) is 32.1 Å². The van der Waals surface area contributed by atoms with Crippen molar-refractivity contribution in [2.45, 2.75) is 81.0 Å². The molecular formula is C23H35FO5S. The number of aliphatic hydroxyl groups is 3. The summed E-state index contributed by atoms with van der Waals surface area (Å²) < 4.78 is 18.3. The standard InChI is InChI=1S/C23H35FO5S/c1-29-23(28)11-5-3-2-4-8-17-18(21(27)14-20(17)26)13-12-16(25)15-30-22-10-7-6-9-19(22)24/h6-7,9-10,16-18,20-21,25-27H,2-5,8,11-15H2,1H3. The van der Waals surface area contributed by atoms with Gasteiger partial charge in [-0.3, -0.25) is 4.79 Å². The molecular weight excluding hydrogens is 407 g/mol. The van der Waals surface area contributed by atoms with Gasteiger partial charge in [-0.25, -0.2) is 4.39 Å². The maximum absolute atomic E-state index is 13.7. The Balaban J connectivity index is 1.70. The lowest BCUT2D eigenvalue weighted by molar-refractivity contribution is -0.140. The van der Waals surface area contributed by atoms with Crippen LogP contribution >= 0.6 is 11.8 Å². The number of benzene rings is 1. The molecule has 1 fully saturated rings. The van der Waals surface area contributed by atoms with Gasteiger partial charge in [0.15, 0.2) is 0 Å². The number of hydrogen-bond donors (Lipinski definition) is 3. The van der Waals surface area contributed by atoms with Crippen LogP contribution in [0.1, 0.15) is 57.8 Å². The molecule has 1 aromatic carbocycles. The molecule has 1 saturated carbocycles. The molecule has 5 unspecified atom stereocenters. The van der Waals surface area contributed by atoms with Crippen molar-refractivity contribution in [2.75, 3.05) is 12.9 Å². The molecule has 170 valence electrons. The van der Waals surface area contributed by atoms with Gasteiger partial charge < -0.3 is 20.1 Å². The Labute approximate surface area is 183 Å². The Hall–Kier alpha value is -1.15. The highest BCUT2D eigenvalue weighted by Gasteiger charge is 2.40. The topological polar surface area (TPSA) is 87.0 Å². The van der Waals surface area contributed by atoms with E-state index >= 15 is 0 Å². The van der Waals surface area contributed by atoms with Gasteiger partial charge in [0.25, 0.3) is 0 Å². The van der Waals surface area contributed by atoms with Crippen molar-refractivity contribution >= 4 is 17.7 Å². The van der Waals surface area contributed by atoms with Crippen LogP contribution < -0.4 is 0 Å². The Morgan fingerprint density at radius 3 is 2.50 bits per heavy atom. The first-order valence-corrected chi connectivity index (χ1v) is 11.9. The molecule has 5 atom stereocenters. The molecule has 1 aromatic rings. The zero-order chi connectivity index (χ0) is 21.9. The van der Waals surface area contributed by atoms with Gasteiger partial charge in [-0.05, 0) is 56.1 Å². The van der Waals surface area contributed by atoms with Crippen LogP contribution in [-0.2, 0) is 9.53 Å². The zero-order valence-electron chi connectivity index (χ0n) is 17.7. The van der Waals surface area contributed by atoms with E-state index in [1.54, 1.807) is 18.2 Å². The van der Waals surface area contributed by atoms with Gasteiger partial charge in [0.1, 0.15) is 5.82 Å². The second-order valence-electron chi connectivity index (χ2n) is 8.20. The maximum Gasteiger partial charge on any atom is 0.305 e. The minimum Gasteiger partial charge on any atom is -0.469 e. The van der Waals surface area contributed by atoms with E-state index in [4.69, 9.17) is 0 Å². The van der Waals surface area contributed by atoms with Crippen LogP contribution in [0.4, 0.5) is 4.39 Å². The Kier molecular flexibility index (Phi) is 11.1. The number of halogens is 1. The third-order valence-corrected chi connectivity index (χ3v) is 7.21. The number of esters is 1. The summed E-state index contributed by atoms with van der Waals surface area (Å²) in [6.45, 7) is 0. The molecule has 30 heavy (non-hydrogen) atoms. The fourth-order valence-corrected chi connectivity index (χ4v) is 5.22. The number of rotatable bonds is 13. The van der Waals surface area contributed by atoms with Gasteiger partial charge in [0.05, 0.1) is 25.4 Å². The van der Waals surface area contributed by atoms with Crippen molar-refractivity contribution in [1.29, 1.82) is 0 Å². The molecule has 0 bridgehead atoms. The SMILES string of the molecule is COC(=O)CCCCCCC1C(O)CC(O)C1CCC(O)CSc1ccccc1F. The number of carbonyl (C=O) groups is 1. The van der Waals surface area contributed by atoms with Gasteiger partial charge >= 0.3 is 5.97 Å². The fraction of sp³-hybridized carbons (Fsp3) is 0.696. The van der Waals surface area contributed by atoms with Crippen LogP contribution in [0.3, 0.4) is 0 Å². The Morgan fingerprint density at radius 1 is 1.13 bits per heavy atom. The van der Waals surface area contributed by atoms with Crippen molar-refractivity contribution < 1.29 is 29.2 Å². The van der Waals surface area contributed by atoms with Crippen LogP contribution in [0.15, 0.2) is 29.2 Å². The second kappa shape index (κ2) is 13.3. The lowest BCUT2D eigenvalue weighted by Crippen LogP contribution is -2.24. The first-order valence-electron chi connectivity index (χ1n) is 10.9. The van der Waals surface area contributed by atoms with E-state index in [2.05, 4.69) is 4.74 Å². The molecule has 0 aliphatic heterocycles. The van der Waals surface area contributed by atoms with Crippen molar-refractivity contribution in [3.8, 4) is 0 Å². The summed E-state index contributed by atoms with van der Waals surface area (Å²) in [5, 5.41) is 31.0. The molecule has 0 heterocycles. The van der Waals surface area contributed by atoms with E-state index in [1.165, 1.54) is 24.9 Å². The smallest absolute Gasteiger partial charge is 0.305 e. The van der Waals surface area contributed by atoms with E-state index in [-0.39, 0.29) is 23.6 Å². The van der Waals surface area contributed by atoms with Crippen molar-refractivity contribution in [3.05, 3.63) is 30.1 Å². The van der Waals surface area contributed by atoms with Gasteiger partial charge in [-0.15, -0.1) is 11.8 Å². The average Bonchev–Trinajstić information content (AvgIpc) is 3.00. The molecule has 0 saturated heterocycles. The minimum atomic E-state index is -0.585. The lowest BCUT2D eigenvalue weighted by Gasteiger charge is -2.24. The fourth-order valence-electron chi connectivity index (χ4n) is 4.30. The summed E-state index contributed by atoms with van der Waals surface area (Å²) in [7, 11) is 1.39. The molecule has 0 amide bonds. The predicted molar refractivity (Wildman–Crippen MR) is 116 cm³/mol. The van der Waals surface area contributed by atoms with E-state index < -0.39 is 18.3 Å². The highest BCUT2D eigenvalue weighted by Crippen LogP contribution is 2.39. The molecule has 5 nitrogen and oxygen atoms in total. The molecule has 0 radical (unpaired) electrons. The van der Waals surface area contributed by atoms with Crippen LogP contribution in [0.5, 0.6) is 0 Å². The molecule has 3 N–H and O–H groups in total. The molecule has 7 heteroatoms. The van der Waals surface area contributed by atoms with Crippen molar-refractivity contribution in [3.63, 3.8) is 0 Å². The molecule has 0 aromatic heterocycles. The highest BCUT2D eigenvalue weighted by atomic mass is 32.2. The lowest BCUT2D eigenvalue weighted by atomic mass is 9.85.